The van der Waals surface area contributed by atoms with Crippen molar-refractivity contribution >= 4 is 11.6 Å². The zero-order valence-corrected chi connectivity index (χ0v) is 18.6. The molecule has 1 atom stereocenters. The maximum absolute atomic E-state index is 12.1. The van der Waals surface area contributed by atoms with Crippen LogP contribution in [0.1, 0.15) is 51.0 Å². The van der Waals surface area contributed by atoms with Crippen LogP contribution in [0.4, 0.5) is 5.82 Å². The van der Waals surface area contributed by atoms with Gasteiger partial charge in [-0.15, -0.1) is 0 Å². The van der Waals surface area contributed by atoms with E-state index in [0.717, 1.165) is 56.7 Å². The number of methoxy groups -OCH3 is 1. The van der Waals surface area contributed by atoms with Crippen LogP contribution in [-0.2, 0) is 16.0 Å². The average Bonchev–Trinajstić information content (AvgIpc) is 3.27. The number of piperazine rings is 1. The van der Waals surface area contributed by atoms with Crippen molar-refractivity contribution in [1.29, 1.82) is 0 Å². The SMILES string of the molecule is CO[C@@H](C)C(=O)CC1CCC(CCN2CCN(c3nccc4c3CCO4)CC2)CC1. The number of aromatic nitrogens is 1. The molecule has 1 aromatic rings. The van der Waals surface area contributed by atoms with E-state index >= 15 is 0 Å². The van der Waals surface area contributed by atoms with Crippen LogP contribution in [0.2, 0.25) is 0 Å². The molecule has 0 radical (unpaired) electrons. The second-order valence-electron chi connectivity index (χ2n) is 9.26. The van der Waals surface area contributed by atoms with Crippen LogP contribution in [0, 0.1) is 11.8 Å². The summed E-state index contributed by atoms with van der Waals surface area (Å²) >= 11 is 0. The van der Waals surface area contributed by atoms with E-state index in [-0.39, 0.29) is 11.9 Å². The van der Waals surface area contributed by atoms with Crippen LogP contribution in [0.3, 0.4) is 0 Å². The van der Waals surface area contributed by atoms with Gasteiger partial charge in [0, 0.05) is 57.9 Å². The fraction of sp³-hybridized carbons (Fsp3) is 0.750. The average molecular weight is 416 g/mol. The topological polar surface area (TPSA) is 54.9 Å². The molecule has 6 heteroatoms. The number of rotatable bonds is 8. The molecule has 0 spiro atoms. The van der Waals surface area contributed by atoms with Gasteiger partial charge in [0.1, 0.15) is 17.7 Å². The Balaban J connectivity index is 1.16. The van der Waals surface area contributed by atoms with Crippen molar-refractivity contribution in [3.8, 4) is 5.75 Å². The number of ketones is 1. The van der Waals surface area contributed by atoms with Crippen molar-refractivity contribution in [2.45, 2.75) is 58.0 Å². The number of hydrogen-bond acceptors (Lipinski definition) is 6. The van der Waals surface area contributed by atoms with Crippen molar-refractivity contribution in [3.05, 3.63) is 17.8 Å². The monoisotopic (exact) mass is 415 g/mol. The van der Waals surface area contributed by atoms with Crippen LogP contribution >= 0.6 is 0 Å². The van der Waals surface area contributed by atoms with Crippen molar-refractivity contribution in [1.82, 2.24) is 9.88 Å². The summed E-state index contributed by atoms with van der Waals surface area (Å²) in [5.41, 5.74) is 1.29. The highest BCUT2D eigenvalue weighted by molar-refractivity contribution is 5.82. The molecule has 1 saturated heterocycles. The molecule has 0 bridgehead atoms. The van der Waals surface area contributed by atoms with E-state index in [2.05, 4.69) is 14.8 Å². The molecule has 0 aromatic carbocycles. The summed E-state index contributed by atoms with van der Waals surface area (Å²) in [5.74, 6) is 3.82. The number of fused-ring (bicyclic) bond motifs is 1. The molecule has 2 aliphatic heterocycles. The normalized spacial score (nSPS) is 25.6. The maximum atomic E-state index is 12.1. The first-order valence-corrected chi connectivity index (χ1v) is 11.8. The Kier molecular flexibility index (Phi) is 7.26. The summed E-state index contributed by atoms with van der Waals surface area (Å²) in [6, 6.07) is 1.99. The zero-order chi connectivity index (χ0) is 20.9. The second-order valence-corrected chi connectivity index (χ2v) is 9.26. The molecule has 0 unspecified atom stereocenters. The van der Waals surface area contributed by atoms with Gasteiger partial charge in [0.2, 0.25) is 0 Å². The third kappa shape index (κ3) is 5.14. The van der Waals surface area contributed by atoms with E-state index < -0.39 is 0 Å². The highest BCUT2D eigenvalue weighted by Crippen LogP contribution is 2.34. The minimum atomic E-state index is -0.249. The van der Waals surface area contributed by atoms with Crippen molar-refractivity contribution in [3.63, 3.8) is 0 Å². The summed E-state index contributed by atoms with van der Waals surface area (Å²) in [6.07, 6.45) is 9.57. The van der Waals surface area contributed by atoms with Gasteiger partial charge in [-0.1, -0.05) is 12.8 Å². The lowest BCUT2D eigenvalue weighted by Crippen LogP contribution is -2.47. The number of carbonyl (C=O) groups excluding carboxylic acids is 1. The summed E-state index contributed by atoms with van der Waals surface area (Å²) in [6.45, 7) is 8.19. The van der Waals surface area contributed by atoms with Crippen molar-refractivity contribution < 1.29 is 14.3 Å². The Morgan fingerprint density at radius 1 is 1.20 bits per heavy atom. The van der Waals surface area contributed by atoms with E-state index in [1.54, 1.807) is 7.11 Å². The highest BCUT2D eigenvalue weighted by atomic mass is 16.5. The quantitative estimate of drug-likeness (QED) is 0.649. The lowest BCUT2D eigenvalue weighted by atomic mass is 9.78. The first kappa shape index (κ1) is 21.6. The number of hydrogen-bond donors (Lipinski definition) is 0. The zero-order valence-electron chi connectivity index (χ0n) is 18.6. The van der Waals surface area contributed by atoms with E-state index in [0.29, 0.717) is 12.3 Å². The minimum Gasteiger partial charge on any atom is -0.493 e. The van der Waals surface area contributed by atoms with Gasteiger partial charge in [-0.25, -0.2) is 4.98 Å². The summed E-state index contributed by atoms with van der Waals surface area (Å²) in [4.78, 5) is 21.8. The standard InChI is InChI=1S/C24H37N3O3/c1-18(29-2)22(28)17-20-5-3-19(4-6-20)8-11-26-12-14-27(15-13-26)24-21-9-16-30-23(21)7-10-25-24/h7,10,18-20H,3-6,8-9,11-17H2,1-2H3/t18-,19?,20?/m0/s1. The number of nitrogens with zero attached hydrogens (tertiary/aromatic N) is 3. The van der Waals surface area contributed by atoms with E-state index in [9.17, 15) is 4.79 Å². The number of anilines is 1. The van der Waals surface area contributed by atoms with Crippen LogP contribution in [0.25, 0.3) is 0 Å². The lowest BCUT2D eigenvalue weighted by molar-refractivity contribution is -0.129. The van der Waals surface area contributed by atoms with Crippen molar-refractivity contribution in [2.75, 3.05) is 51.3 Å². The first-order chi connectivity index (χ1) is 14.6. The first-order valence-electron chi connectivity index (χ1n) is 11.8. The number of pyridine rings is 1. The van der Waals surface area contributed by atoms with Crippen LogP contribution in [0.5, 0.6) is 5.75 Å². The minimum absolute atomic E-state index is 0.249. The third-order valence-electron chi connectivity index (χ3n) is 7.39. The maximum Gasteiger partial charge on any atom is 0.161 e. The molecular formula is C24H37N3O3. The predicted octanol–water partition coefficient (Wildman–Crippen LogP) is 3.33. The van der Waals surface area contributed by atoms with Gasteiger partial charge in [0.05, 0.1) is 6.61 Å². The van der Waals surface area contributed by atoms with Crippen LogP contribution in [0.15, 0.2) is 12.3 Å². The molecular weight excluding hydrogens is 378 g/mol. The number of carbonyl (C=O) groups is 1. The van der Waals surface area contributed by atoms with Gasteiger partial charge in [-0.2, -0.15) is 0 Å². The molecule has 6 nitrogen and oxygen atoms in total. The van der Waals surface area contributed by atoms with Crippen LogP contribution in [-0.4, -0.2) is 68.2 Å². The summed E-state index contributed by atoms with van der Waals surface area (Å²) in [7, 11) is 1.62. The van der Waals surface area contributed by atoms with Crippen LogP contribution < -0.4 is 9.64 Å². The highest BCUT2D eigenvalue weighted by Gasteiger charge is 2.27. The Labute approximate surface area is 180 Å². The molecule has 30 heavy (non-hydrogen) atoms. The van der Waals surface area contributed by atoms with Gasteiger partial charge in [0.15, 0.2) is 5.78 Å². The Morgan fingerprint density at radius 3 is 2.67 bits per heavy atom. The number of Topliss-reactive ketones (excluding diaryl/α,β-unsaturated/α-hetero) is 1. The van der Waals surface area contributed by atoms with Gasteiger partial charge >= 0.3 is 0 Å². The Bertz CT molecular complexity index is 710. The van der Waals surface area contributed by atoms with E-state index in [1.807, 2.05) is 19.2 Å². The van der Waals surface area contributed by atoms with E-state index in [4.69, 9.17) is 9.47 Å². The Morgan fingerprint density at radius 2 is 1.93 bits per heavy atom. The second kappa shape index (κ2) is 10.1. The van der Waals surface area contributed by atoms with Gasteiger partial charge in [-0.05, 0) is 50.6 Å². The van der Waals surface area contributed by atoms with E-state index in [1.165, 1.54) is 44.2 Å². The molecule has 166 valence electrons. The molecule has 3 aliphatic rings. The fourth-order valence-electron chi connectivity index (χ4n) is 5.22. The third-order valence-corrected chi connectivity index (χ3v) is 7.39. The Hall–Kier alpha value is -1.66. The molecule has 1 aliphatic carbocycles. The number of ether oxygens (including phenoxy) is 2. The molecule has 1 saturated carbocycles. The van der Waals surface area contributed by atoms with Gasteiger partial charge < -0.3 is 14.4 Å². The van der Waals surface area contributed by atoms with Gasteiger partial charge in [-0.3, -0.25) is 9.69 Å². The van der Waals surface area contributed by atoms with Crippen molar-refractivity contribution in [2.24, 2.45) is 11.8 Å². The molecule has 4 rings (SSSR count). The molecule has 0 N–H and O–H groups in total. The van der Waals surface area contributed by atoms with Gasteiger partial charge in [0.25, 0.3) is 0 Å². The fourth-order valence-corrected chi connectivity index (χ4v) is 5.22. The smallest absolute Gasteiger partial charge is 0.161 e. The molecule has 0 amide bonds. The summed E-state index contributed by atoms with van der Waals surface area (Å²) in [5, 5.41) is 0. The molecule has 3 heterocycles. The molecule has 1 aromatic heterocycles. The lowest BCUT2D eigenvalue weighted by Gasteiger charge is -2.37. The summed E-state index contributed by atoms with van der Waals surface area (Å²) < 4.78 is 10.9. The largest absolute Gasteiger partial charge is 0.493 e. The predicted molar refractivity (Wildman–Crippen MR) is 118 cm³/mol. The molecule has 2 fully saturated rings.